The number of halogens is 1. The van der Waals surface area contributed by atoms with E-state index >= 15 is 0 Å². The molecule has 1 aromatic carbocycles. The lowest BCUT2D eigenvalue weighted by atomic mass is 10.1. The number of hydrogen-bond acceptors (Lipinski definition) is 3. The molecule has 1 fully saturated rings. The summed E-state index contributed by atoms with van der Waals surface area (Å²) >= 11 is 5.90. The maximum absolute atomic E-state index is 12.2. The van der Waals surface area contributed by atoms with Crippen LogP contribution in [0.15, 0.2) is 18.2 Å². The predicted molar refractivity (Wildman–Crippen MR) is 72.2 cm³/mol. The molecule has 0 aromatic heterocycles. The molecule has 0 saturated heterocycles. The smallest absolute Gasteiger partial charge is 0.255 e. The summed E-state index contributed by atoms with van der Waals surface area (Å²) in [5, 5.41) is 2.94. The van der Waals surface area contributed by atoms with Crippen LogP contribution in [0.3, 0.4) is 0 Å². The number of amides is 1. The van der Waals surface area contributed by atoms with Gasteiger partial charge < -0.3 is 14.8 Å². The number of benzene rings is 1. The van der Waals surface area contributed by atoms with Gasteiger partial charge >= 0.3 is 0 Å². The molecular weight excluding hydrogens is 266 g/mol. The lowest BCUT2D eigenvalue weighted by molar-refractivity contribution is 0.0935. The number of carbonyl (C=O) groups excluding carboxylic acids is 1. The summed E-state index contributed by atoms with van der Waals surface area (Å²) in [4.78, 5) is 12.2. The van der Waals surface area contributed by atoms with Crippen molar-refractivity contribution < 1.29 is 14.3 Å². The second-order valence-corrected chi connectivity index (χ2v) is 5.41. The Hall–Kier alpha value is -1.42. The first-order valence-corrected chi connectivity index (χ1v) is 7.00. The number of nitrogens with one attached hydrogen (secondary N) is 1. The second-order valence-electron chi connectivity index (χ2n) is 5.15. The SMILES string of the molecule is O=C(NCC1(CCl)CC1)c1cccc2c1OCCO2. The van der Waals surface area contributed by atoms with E-state index < -0.39 is 0 Å². The van der Waals surface area contributed by atoms with E-state index in [1.807, 2.05) is 6.07 Å². The lowest BCUT2D eigenvalue weighted by Crippen LogP contribution is -2.31. The highest BCUT2D eigenvalue weighted by molar-refractivity contribution is 6.18. The average Bonchev–Trinajstić information content (AvgIpc) is 3.25. The van der Waals surface area contributed by atoms with E-state index in [1.54, 1.807) is 12.1 Å². The average molecular weight is 282 g/mol. The molecular formula is C14H16ClNO3. The molecule has 1 N–H and O–H groups in total. The van der Waals surface area contributed by atoms with Crippen molar-refractivity contribution in [2.45, 2.75) is 12.8 Å². The molecule has 1 amide bonds. The number of fused-ring (bicyclic) bond motifs is 1. The van der Waals surface area contributed by atoms with Crippen LogP contribution < -0.4 is 14.8 Å². The summed E-state index contributed by atoms with van der Waals surface area (Å²) in [6, 6.07) is 5.37. The molecule has 2 aliphatic rings. The van der Waals surface area contributed by atoms with Crippen LogP contribution in [-0.2, 0) is 0 Å². The van der Waals surface area contributed by atoms with E-state index in [4.69, 9.17) is 21.1 Å². The molecule has 0 atom stereocenters. The molecule has 1 saturated carbocycles. The van der Waals surface area contributed by atoms with Crippen molar-refractivity contribution in [3.63, 3.8) is 0 Å². The van der Waals surface area contributed by atoms with Gasteiger partial charge in [-0.2, -0.15) is 0 Å². The lowest BCUT2D eigenvalue weighted by Gasteiger charge is -2.21. The molecule has 102 valence electrons. The zero-order valence-electron chi connectivity index (χ0n) is 10.6. The summed E-state index contributed by atoms with van der Waals surface area (Å²) in [7, 11) is 0. The Balaban J connectivity index is 1.73. The van der Waals surface area contributed by atoms with E-state index in [-0.39, 0.29) is 11.3 Å². The van der Waals surface area contributed by atoms with Crippen molar-refractivity contribution in [3.8, 4) is 11.5 Å². The van der Waals surface area contributed by atoms with Crippen molar-refractivity contribution in [1.82, 2.24) is 5.32 Å². The molecule has 5 heteroatoms. The van der Waals surface area contributed by atoms with Gasteiger partial charge in [-0.05, 0) is 25.0 Å². The van der Waals surface area contributed by atoms with Gasteiger partial charge in [0.1, 0.15) is 13.2 Å². The van der Waals surface area contributed by atoms with Crippen molar-refractivity contribution in [2.75, 3.05) is 25.6 Å². The van der Waals surface area contributed by atoms with Gasteiger partial charge in [0.25, 0.3) is 5.91 Å². The molecule has 1 aliphatic carbocycles. The summed E-state index contributed by atoms with van der Waals surface area (Å²) in [5.74, 6) is 1.65. The van der Waals surface area contributed by atoms with Gasteiger partial charge in [-0.25, -0.2) is 0 Å². The Morgan fingerprint density at radius 2 is 2.11 bits per heavy atom. The van der Waals surface area contributed by atoms with Gasteiger partial charge in [-0.3, -0.25) is 4.79 Å². The molecule has 1 aromatic rings. The second kappa shape index (κ2) is 4.93. The van der Waals surface area contributed by atoms with Gasteiger partial charge in [-0.1, -0.05) is 6.07 Å². The van der Waals surface area contributed by atoms with Gasteiger partial charge in [0.05, 0.1) is 5.56 Å². The van der Waals surface area contributed by atoms with Crippen molar-refractivity contribution >= 4 is 17.5 Å². The highest BCUT2D eigenvalue weighted by Crippen LogP contribution is 2.46. The first-order chi connectivity index (χ1) is 9.24. The van der Waals surface area contributed by atoms with E-state index in [9.17, 15) is 4.79 Å². The van der Waals surface area contributed by atoms with Crippen LogP contribution in [0, 0.1) is 5.41 Å². The van der Waals surface area contributed by atoms with Crippen molar-refractivity contribution in [3.05, 3.63) is 23.8 Å². The molecule has 1 heterocycles. The van der Waals surface area contributed by atoms with Gasteiger partial charge in [0.15, 0.2) is 11.5 Å². The molecule has 1 aliphatic heterocycles. The normalized spacial score (nSPS) is 18.8. The van der Waals surface area contributed by atoms with Gasteiger partial charge in [0.2, 0.25) is 0 Å². The molecule has 0 unspecified atom stereocenters. The van der Waals surface area contributed by atoms with Gasteiger partial charge in [0, 0.05) is 17.8 Å². The minimum absolute atomic E-state index is 0.114. The fourth-order valence-electron chi connectivity index (χ4n) is 2.15. The Morgan fingerprint density at radius 3 is 2.84 bits per heavy atom. The topological polar surface area (TPSA) is 47.6 Å². The number of alkyl halides is 1. The van der Waals surface area contributed by atoms with Crippen LogP contribution in [0.4, 0.5) is 0 Å². The van der Waals surface area contributed by atoms with E-state index in [0.717, 1.165) is 12.8 Å². The zero-order chi connectivity index (χ0) is 13.3. The standard InChI is InChI=1S/C14H16ClNO3/c15-8-14(4-5-14)9-16-13(17)10-2-1-3-11-12(10)19-7-6-18-11/h1-3H,4-9H2,(H,16,17). The van der Waals surface area contributed by atoms with Crippen LogP contribution in [0.5, 0.6) is 11.5 Å². The number of para-hydroxylation sites is 1. The van der Waals surface area contributed by atoms with Gasteiger partial charge in [-0.15, -0.1) is 11.6 Å². The first-order valence-electron chi connectivity index (χ1n) is 6.47. The van der Waals surface area contributed by atoms with Crippen LogP contribution in [0.2, 0.25) is 0 Å². The monoisotopic (exact) mass is 281 g/mol. The van der Waals surface area contributed by atoms with Crippen molar-refractivity contribution in [1.29, 1.82) is 0 Å². The number of ether oxygens (including phenoxy) is 2. The Kier molecular flexibility index (Phi) is 3.27. The highest BCUT2D eigenvalue weighted by Gasteiger charge is 2.42. The maximum Gasteiger partial charge on any atom is 0.255 e. The Labute approximate surface area is 117 Å². The predicted octanol–water partition coefficient (Wildman–Crippen LogP) is 2.21. The summed E-state index contributed by atoms with van der Waals surface area (Å²) in [5.41, 5.74) is 0.645. The number of rotatable bonds is 4. The number of hydrogen-bond donors (Lipinski definition) is 1. The van der Waals surface area contributed by atoms with Crippen LogP contribution in [0.1, 0.15) is 23.2 Å². The number of carbonyl (C=O) groups is 1. The molecule has 0 radical (unpaired) electrons. The largest absolute Gasteiger partial charge is 0.486 e. The quantitative estimate of drug-likeness (QED) is 0.861. The minimum Gasteiger partial charge on any atom is -0.486 e. The fourth-order valence-corrected chi connectivity index (χ4v) is 2.51. The minimum atomic E-state index is -0.126. The fraction of sp³-hybridized carbons (Fsp3) is 0.500. The first kappa shape index (κ1) is 12.6. The van der Waals surface area contributed by atoms with Crippen LogP contribution in [0.25, 0.3) is 0 Å². The molecule has 0 spiro atoms. The Bertz CT molecular complexity index is 499. The third-order valence-corrected chi connectivity index (χ3v) is 4.24. The highest BCUT2D eigenvalue weighted by atomic mass is 35.5. The van der Waals surface area contributed by atoms with Crippen LogP contribution >= 0.6 is 11.6 Å². The summed E-state index contributed by atoms with van der Waals surface area (Å²) < 4.78 is 11.0. The maximum atomic E-state index is 12.2. The van der Waals surface area contributed by atoms with E-state index in [1.165, 1.54) is 0 Å². The molecule has 4 nitrogen and oxygen atoms in total. The van der Waals surface area contributed by atoms with E-state index in [2.05, 4.69) is 5.32 Å². The Morgan fingerprint density at radius 1 is 1.32 bits per heavy atom. The summed E-state index contributed by atoms with van der Waals surface area (Å²) in [6.45, 7) is 1.62. The summed E-state index contributed by atoms with van der Waals surface area (Å²) in [6.07, 6.45) is 2.17. The van der Waals surface area contributed by atoms with Crippen LogP contribution in [-0.4, -0.2) is 31.5 Å². The van der Waals surface area contributed by atoms with E-state index in [0.29, 0.717) is 42.7 Å². The third kappa shape index (κ3) is 2.50. The molecule has 19 heavy (non-hydrogen) atoms. The van der Waals surface area contributed by atoms with Crippen molar-refractivity contribution in [2.24, 2.45) is 5.41 Å². The zero-order valence-corrected chi connectivity index (χ0v) is 11.3. The third-order valence-electron chi connectivity index (χ3n) is 3.68. The molecule has 3 rings (SSSR count). The molecule has 0 bridgehead atoms.